The Bertz CT molecular complexity index is 1070. The minimum Gasteiger partial charge on any atom is -0.493 e. The van der Waals surface area contributed by atoms with Gasteiger partial charge in [0.25, 0.3) is 5.91 Å². The van der Waals surface area contributed by atoms with E-state index in [0.29, 0.717) is 22.3 Å². The molecule has 8 heteroatoms. The molecule has 2 amide bonds. The molecule has 3 aromatic rings. The highest BCUT2D eigenvalue weighted by Crippen LogP contribution is 2.36. The highest BCUT2D eigenvalue weighted by atomic mass is 35.5. The van der Waals surface area contributed by atoms with Gasteiger partial charge in [0, 0.05) is 40.4 Å². The highest BCUT2D eigenvalue weighted by molar-refractivity contribution is 7.14. The first-order chi connectivity index (χ1) is 14.0. The number of halogens is 1. The van der Waals surface area contributed by atoms with Gasteiger partial charge in [-0.15, -0.1) is 11.3 Å². The summed E-state index contributed by atoms with van der Waals surface area (Å²) in [7, 11) is 0. The smallest absolute Gasteiger partial charge is 0.257 e. The number of fused-ring (bicyclic) bond motifs is 1. The summed E-state index contributed by atoms with van der Waals surface area (Å²) >= 11 is 7.21. The van der Waals surface area contributed by atoms with Gasteiger partial charge >= 0.3 is 0 Å². The quantitative estimate of drug-likeness (QED) is 0.633. The molecule has 0 saturated heterocycles. The molecular formula is C21H18ClN3O3S. The van der Waals surface area contributed by atoms with Gasteiger partial charge in [-0.25, -0.2) is 4.98 Å². The normalized spacial score (nSPS) is 15.2. The molecule has 0 spiro atoms. The minimum atomic E-state index is -0.243. The summed E-state index contributed by atoms with van der Waals surface area (Å²) < 4.78 is 5.71. The van der Waals surface area contributed by atoms with Crippen LogP contribution in [0.1, 0.15) is 35.3 Å². The summed E-state index contributed by atoms with van der Waals surface area (Å²) in [6.07, 6.45) is 0.718. The molecule has 1 unspecified atom stereocenters. The minimum absolute atomic E-state index is 0.0749. The van der Waals surface area contributed by atoms with E-state index >= 15 is 0 Å². The summed E-state index contributed by atoms with van der Waals surface area (Å²) in [6.45, 7) is 2.07. The second-order valence-electron chi connectivity index (χ2n) is 6.64. The Morgan fingerprint density at radius 1 is 1.21 bits per heavy atom. The number of nitrogens with zero attached hydrogens (tertiary/aromatic N) is 1. The third-order valence-electron chi connectivity index (χ3n) is 4.55. The van der Waals surface area contributed by atoms with Gasteiger partial charge in [-0.1, -0.05) is 11.6 Å². The van der Waals surface area contributed by atoms with E-state index < -0.39 is 0 Å². The molecule has 0 radical (unpaired) electrons. The number of thiazole rings is 1. The lowest BCUT2D eigenvalue weighted by atomic mass is 9.97. The van der Waals surface area contributed by atoms with Crippen LogP contribution >= 0.6 is 22.9 Å². The van der Waals surface area contributed by atoms with Crippen molar-refractivity contribution in [1.82, 2.24) is 10.3 Å². The van der Waals surface area contributed by atoms with Crippen molar-refractivity contribution in [2.24, 2.45) is 0 Å². The molecule has 2 heterocycles. The SMILES string of the molecule is CC(=O)NC1CCOc2ccc(-c3csc(NC(=O)c4ccc(Cl)cc4)n3)cc21. The lowest BCUT2D eigenvalue weighted by molar-refractivity contribution is -0.119. The summed E-state index contributed by atoms with van der Waals surface area (Å²) in [5.41, 5.74) is 3.09. The number of nitrogens with one attached hydrogen (secondary N) is 2. The monoisotopic (exact) mass is 427 g/mol. The topological polar surface area (TPSA) is 80.3 Å². The Balaban J connectivity index is 1.54. The van der Waals surface area contributed by atoms with Gasteiger partial charge in [0.2, 0.25) is 5.91 Å². The predicted octanol–water partition coefficient (Wildman–Crippen LogP) is 4.68. The molecule has 6 nitrogen and oxygen atoms in total. The van der Waals surface area contributed by atoms with E-state index in [9.17, 15) is 9.59 Å². The van der Waals surface area contributed by atoms with Crippen molar-refractivity contribution in [2.45, 2.75) is 19.4 Å². The molecule has 2 N–H and O–H groups in total. The van der Waals surface area contributed by atoms with Crippen LogP contribution in [0.5, 0.6) is 5.75 Å². The van der Waals surface area contributed by atoms with Gasteiger partial charge in [0.15, 0.2) is 5.13 Å². The number of amides is 2. The number of hydrogen-bond donors (Lipinski definition) is 2. The first-order valence-corrected chi connectivity index (χ1v) is 10.3. The molecule has 4 rings (SSSR count). The fourth-order valence-corrected chi connectivity index (χ4v) is 4.02. The molecule has 29 heavy (non-hydrogen) atoms. The molecular weight excluding hydrogens is 410 g/mol. The highest BCUT2D eigenvalue weighted by Gasteiger charge is 2.23. The number of anilines is 1. The van der Waals surface area contributed by atoms with E-state index in [0.717, 1.165) is 29.0 Å². The van der Waals surface area contributed by atoms with Crippen LogP contribution in [0.25, 0.3) is 11.3 Å². The van der Waals surface area contributed by atoms with Crippen molar-refractivity contribution in [1.29, 1.82) is 0 Å². The van der Waals surface area contributed by atoms with Crippen LogP contribution < -0.4 is 15.4 Å². The van der Waals surface area contributed by atoms with E-state index in [1.54, 1.807) is 24.3 Å². The molecule has 0 fully saturated rings. The first-order valence-electron chi connectivity index (χ1n) is 9.06. The summed E-state index contributed by atoms with van der Waals surface area (Å²) in [6, 6.07) is 12.4. The molecule has 1 aliphatic heterocycles. The summed E-state index contributed by atoms with van der Waals surface area (Å²) in [5.74, 6) is 0.450. The fourth-order valence-electron chi connectivity index (χ4n) is 3.18. The van der Waals surface area contributed by atoms with Gasteiger partial charge in [0.1, 0.15) is 5.75 Å². The molecule has 148 valence electrons. The Hall–Kier alpha value is -2.90. The zero-order chi connectivity index (χ0) is 20.4. The van der Waals surface area contributed by atoms with E-state index in [-0.39, 0.29) is 17.9 Å². The maximum atomic E-state index is 12.4. The number of ether oxygens (including phenoxy) is 1. The number of carbonyl (C=O) groups is 2. The third kappa shape index (κ3) is 4.41. The van der Waals surface area contributed by atoms with Crippen LogP contribution in [0.2, 0.25) is 5.02 Å². The number of carbonyl (C=O) groups excluding carboxylic acids is 2. The standard InChI is InChI=1S/C21H18ClN3O3S/c1-12(26)23-17-8-9-28-19-7-4-14(10-16(17)19)18-11-29-21(24-18)25-20(27)13-2-5-15(22)6-3-13/h2-7,10-11,17H,8-9H2,1H3,(H,23,26)(H,24,25,27). The molecule has 2 aromatic carbocycles. The van der Waals surface area contributed by atoms with Gasteiger partial charge < -0.3 is 10.1 Å². The zero-order valence-electron chi connectivity index (χ0n) is 15.6. The van der Waals surface area contributed by atoms with Crippen molar-refractivity contribution in [2.75, 3.05) is 11.9 Å². The summed E-state index contributed by atoms with van der Waals surface area (Å²) in [4.78, 5) is 28.4. The van der Waals surface area contributed by atoms with E-state index in [2.05, 4.69) is 15.6 Å². The van der Waals surface area contributed by atoms with Crippen LogP contribution in [-0.2, 0) is 4.79 Å². The Kier molecular flexibility index (Phi) is 5.51. The van der Waals surface area contributed by atoms with Crippen LogP contribution in [0, 0.1) is 0 Å². The lowest BCUT2D eigenvalue weighted by Gasteiger charge is -2.26. The van der Waals surface area contributed by atoms with E-state index in [1.807, 2.05) is 23.6 Å². The molecule has 0 bridgehead atoms. The van der Waals surface area contributed by atoms with Crippen molar-refractivity contribution in [3.8, 4) is 17.0 Å². The van der Waals surface area contributed by atoms with Crippen molar-refractivity contribution in [3.05, 3.63) is 64.0 Å². The maximum Gasteiger partial charge on any atom is 0.257 e. The Labute approximate surface area is 176 Å². The van der Waals surface area contributed by atoms with Gasteiger partial charge in [-0.2, -0.15) is 0 Å². The van der Waals surface area contributed by atoms with Crippen molar-refractivity contribution >= 4 is 39.9 Å². The van der Waals surface area contributed by atoms with Gasteiger partial charge in [-0.3, -0.25) is 14.9 Å². The van der Waals surface area contributed by atoms with E-state index in [4.69, 9.17) is 16.3 Å². The Morgan fingerprint density at radius 3 is 2.76 bits per heavy atom. The molecule has 0 saturated carbocycles. The van der Waals surface area contributed by atoms with Crippen LogP contribution in [0.3, 0.4) is 0 Å². The Morgan fingerprint density at radius 2 is 2.00 bits per heavy atom. The zero-order valence-corrected chi connectivity index (χ0v) is 17.1. The second-order valence-corrected chi connectivity index (χ2v) is 7.94. The van der Waals surface area contributed by atoms with Crippen LogP contribution in [0.15, 0.2) is 47.8 Å². The summed E-state index contributed by atoms with van der Waals surface area (Å²) in [5, 5.41) is 8.74. The van der Waals surface area contributed by atoms with Crippen molar-refractivity contribution in [3.63, 3.8) is 0 Å². The molecule has 1 aliphatic rings. The predicted molar refractivity (Wildman–Crippen MR) is 114 cm³/mol. The van der Waals surface area contributed by atoms with Crippen LogP contribution in [0.4, 0.5) is 5.13 Å². The number of benzene rings is 2. The van der Waals surface area contributed by atoms with Crippen LogP contribution in [-0.4, -0.2) is 23.4 Å². The molecule has 1 atom stereocenters. The largest absolute Gasteiger partial charge is 0.493 e. The number of aromatic nitrogens is 1. The average Bonchev–Trinajstić information content (AvgIpc) is 3.16. The van der Waals surface area contributed by atoms with Crippen molar-refractivity contribution < 1.29 is 14.3 Å². The molecule has 0 aliphatic carbocycles. The van der Waals surface area contributed by atoms with Gasteiger partial charge in [-0.05, 0) is 42.5 Å². The average molecular weight is 428 g/mol. The maximum absolute atomic E-state index is 12.4. The number of rotatable bonds is 4. The second kappa shape index (κ2) is 8.23. The molecule has 1 aromatic heterocycles. The van der Waals surface area contributed by atoms with E-state index in [1.165, 1.54) is 18.3 Å². The fraction of sp³-hybridized carbons (Fsp3) is 0.190. The number of hydrogen-bond acceptors (Lipinski definition) is 5. The lowest BCUT2D eigenvalue weighted by Crippen LogP contribution is -2.30. The van der Waals surface area contributed by atoms with Gasteiger partial charge in [0.05, 0.1) is 18.3 Å². The first kappa shape index (κ1) is 19.4. The third-order valence-corrected chi connectivity index (χ3v) is 5.56.